The molecule has 3 rings (SSSR count). The second-order valence-electron chi connectivity index (χ2n) is 6.56. The number of nitrogens with zero attached hydrogens (tertiary/aromatic N) is 2. The fraction of sp³-hybridized carbons (Fsp3) is 0.474. The number of aromatic nitrogens is 1. The van der Waals surface area contributed by atoms with Crippen molar-refractivity contribution in [3.05, 3.63) is 39.8 Å². The first-order chi connectivity index (χ1) is 12.5. The molecule has 0 atom stereocenters. The second kappa shape index (κ2) is 8.62. The number of rotatable bonds is 6. The Kier molecular flexibility index (Phi) is 6.24. The number of carbonyl (C=O) groups is 1. The highest BCUT2D eigenvalue weighted by atomic mass is 32.1. The van der Waals surface area contributed by atoms with E-state index >= 15 is 0 Å². The Balaban J connectivity index is 1.62. The van der Waals surface area contributed by atoms with Crippen LogP contribution >= 0.6 is 11.3 Å². The largest absolute Gasteiger partial charge is 0.491 e. The molecule has 0 spiro atoms. The van der Waals surface area contributed by atoms with Crippen LogP contribution < -0.4 is 10.1 Å². The summed E-state index contributed by atoms with van der Waals surface area (Å²) in [7, 11) is 0. The number of amides is 1. The van der Waals surface area contributed by atoms with Crippen LogP contribution in [0.3, 0.4) is 0 Å². The molecule has 1 amide bonds. The molecule has 0 aliphatic carbocycles. The summed E-state index contributed by atoms with van der Waals surface area (Å²) in [5, 5.41) is 3.91. The number of hydrogen-bond donors (Lipinski definition) is 1. The normalized spacial score (nSPS) is 15.2. The Labute approximate surface area is 158 Å². The van der Waals surface area contributed by atoms with Crippen molar-refractivity contribution in [3.8, 4) is 5.75 Å². The molecule has 1 aliphatic rings. The van der Waals surface area contributed by atoms with Crippen LogP contribution in [0.15, 0.2) is 24.3 Å². The number of thiazole rings is 1. The zero-order valence-electron chi connectivity index (χ0n) is 15.4. The summed E-state index contributed by atoms with van der Waals surface area (Å²) in [5.41, 5.74) is 1.52. The Morgan fingerprint density at radius 3 is 2.65 bits per heavy atom. The van der Waals surface area contributed by atoms with Crippen LogP contribution in [0.2, 0.25) is 0 Å². The molecule has 1 aromatic carbocycles. The van der Waals surface area contributed by atoms with Crippen molar-refractivity contribution in [1.29, 1.82) is 0 Å². The summed E-state index contributed by atoms with van der Waals surface area (Å²) in [6.07, 6.45) is 0.125. The van der Waals surface area contributed by atoms with Crippen LogP contribution in [0.25, 0.3) is 0 Å². The number of nitrogens with one attached hydrogen (secondary N) is 1. The van der Waals surface area contributed by atoms with Gasteiger partial charge in [0, 0.05) is 18.8 Å². The first-order valence-corrected chi connectivity index (χ1v) is 9.67. The monoisotopic (exact) mass is 375 g/mol. The van der Waals surface area contributed by atoms with Gasteiger partial charge in [-0.2, -0.15) is 0 Å². The standard InChI is InChI=1S/C19H25N3O3S/c1-13(2)25-16-6-4-15(5-7-16)21-19(23)18-14(3)20-17(26-18)12-22-8-10-24-11-9-22/h4-7,13H,8-12H2,1-3H3,(H,21,23). The van der Waals surface area contributed by atoms with Crippen molar-refractivity contribution in [3.63, 3.8) is 0 Å². The van der Waals surface area contributed by atoms with Gasteiger partial charge >= 0.3 is 0 Å². The molecule has 1 fully saturated rings. The predicted octanol–water partition coefficient (Wildman–Crippen LogP) is 3.32. The van der Waals surface area contributed by atoms with E-state index in [0.717, 1.165) is 55.0 Å². The summed E-state index contributed by atoms with van der Waals surface area (Å²) in [5.74, 6) is 0.672. The third-order valence-corrected chi connectivity index (χ3v) is 5.13. The smallest absolute Gasteiger partial charge is 0.267 e. The number of carbonyl (C=O) groups excluding carboxylic acids is 1. The molecular weight excluding hydrogens is 350 g/mol. The van der Waals surface area contributed by atoms with Crippen molar-refractivity contribution in [1.82, 2.24) is 9.88 Å². The fourth-order valence-corrected chi connectivity index (χ4v) is 3.76. The Bertz CT molecular complexity index is 737. The first kappa shape index (κ1) is 18.8. The average molecular weight is 375 g/mol. The van der Waals surface area contributed by atoms with Gasteiger partial charge in [-0.25, -0.2) is 4.98 Å². The van der Waals surface area contributed by atoms with E-state index in [4.69, 9.17) is 9.47 Å². The highest BCUT2D eigenvalue weighted by Crippen LogP contribution is 2.23. The molecule has 26 heavy (non-hydrogen) atoms. The van der Waals surface area contributed by atoms with Gasteiger partial charge < -0.3 is 14.8 Å². The van der Waals surface area contributed by atoms with Gasteiger partial charge in [0.05, 0.1) is 31.6 Å². The molecule has 1 aliphatic heterocycles. The van der Waals surface area contributed by atoms with E-state index in [1.165, 1.54) is 11.3 Å². The molecule has 7 heteroatoms. The van der Waals surface area contributed by atoms with Gasteiger partial charge in [0.2, 0.25) is 0 Å². The Morgan fingerprint density at radius 1 is 1.31 bits per heavy atom. The summed E-state index contributed by atoms with van der Waals surface area (Å²) < 4.78 is 11.0. The third kappa shape index (κ3) is 5.03. The van der Waals surface area contributed by atoms with Crippen LogP contribution in [0.5, 0.6) is 5.75 Å². The molecule has 2 heterocycles. The van der Waals surface area contributed by atoms with Gasteiger partial charge in [0.15, 0.2) is 0 Å². The molecule has 1 N–H and O–H groups in total. The van der Waals surface area contributed by atoms with E-state index in [2.05, 4.69) is 15.2 Å². The fourth-order valence-electron chi connectivity index (χ4n) is 2.76. The number of ether oxygens (including phenoxy) is 2. The van der Waals surface area contributed by atoms with Gasteiger partial charge in [0.1, 0.15) is 15.6 Å². The van der Waals surface area contributed by atoms with E-state index in [1.54, 1.807) is 0 Å². The lowest BCUT2D eigenvalue weighted by molar-refractivity contribution is 0.0341. The lowest BCUT2D eigenvalue weighted by Gasteiger charge is -2.25. The van der Waals surface area contributed by atoms with E-state index in [9.17, 15) is 4.79 Å². The molecule has 0 saturated carbocycles. The number of anilines is 1. The van der Waals surface area contributed by atoms with Crippen molar-refractivity contribution < 1.29 is 14.3 Å². The van der Waals surface area contributed by atoms with Crippen LogP contribution in [0, 0.1) is 6.92 Å². The maximum absolute atomic E-state index is 12.6. The van der Waals surface area contributed by atoms with Crippen molar-refractivity contribution >= 4 is 22.9 Å². The van der Waals surface area contributed by atoms with Crippen LogP contribution in [0.1, 0.15) is 34.2 Å². The minimum atomic E-state index is -0.120. The highest BCUT2D eigenvalue weighted by Gasteiger charge is 2.18. The molecule has 140 valence electrons. The number of aryl methyl sites for hydroxylation is 1. The van der Waals surface area contributed by atoms with Crippen LogP contribution in [0.4, 0.5) is 5.69 Å². The van der Waals surface area contributed by atoms with Crippen LogP contribution in [-0.4, -0.2) is 48.2 Å². The highest BCUT2D eigenvalue weighted by molar-refractivity contribution is 7.13. The van der Waals surface area contributed by atoms with Gasteiger partial charge in [-0.15, -0.1) is 11.3 Å². The average Bonchev–Trinajstić information content (AvgIpc) is 2.97. The van der Waals surface area contributed by atoms with E-state index in [-0.39, 0.29) is 12.0 Å². The molecule has 1 aromatic heterocycles. The number of morpholine rings is 1. The minimum Gasteiger partial charge on any atom is -0.491 e. The molecule has 6 nitrogen and oxygen atoms in total. The second-order valence-corrected chi connectivity index (χ2v) is 7.64. The molecule has 2 aromatic rings. The third-order valence-electron chi connectivity index (χ3n) is 3.99. The van der Waals surface area contributed by atoms with Crippen LogP contribution in [-0.2, 0) is 11.3 Å². The maximum atomic E-state index is 12.6. The lowest BCUT2D eigenvalue weighted by atomic mass is 10.3. The maximum Gasteiger partial charge on any atom is 0.267 e. The summed E-state index contributed by atoms with van der Waals surface area (Å²) in [6, 6.07) is 7.42. The number of hydrogen-bond acceptors (Lipinski definition) is 6. The molecular formula is C19H25N3O3S. The quantitative estimate of drug-likeness (QED) is 0.839. The first-order valence-electron chi connectivity index (χ1n) is 8.86. The van der Waals surface area contributed by atoms with E-state index in [1.807, 2.05) is 45.0 Å². The molecule has 0 bridgehead atoms. The Morgan fingerprint density at radius 2 is 2.00 bits per heavy atom. The minimum absolute atomic E-state index is 0.120. The topological polar surface area (TPSA) is 63.7 Å². The van der Waals surface area contributed by atoms with E-state index < -0.39 is 0 Å². The molecule has 0 radical (unpaired) electrons. The lowest BCUT2D eigenvalue weighted by Crippen LogP contribution is -2.35. The zero-order valence-corrected chi connectivity index (χ0v) is 16.3. The number of benzene rings is 1. The summed E-state index contributed by atoms with van der Waals surface area (Å²) >= 11 is 1.46. The van der Waals surface area contributed by atoms with Crippen molar-refractivity contribution in [2.75, 3.05) is 31.6 Å². The summed E-state index contributed by atoms with van der Waals surface area (Å²) in [6.45, 7) is 9.95. The van der Waals surface area contributed by atoms with Crippen molar-refractivity contribution in [2.24, 2.45) is 0 Å². The van der Waals surface area contributed by atoms with Gasteiger partial charge in [0.25, 0.3) is 5.91 Å². The molecule has 0 unspecified atom stereocenters. The van der Waals surface area contributed by atoms with Gasteiger partial charge in [-0.3, -0.25) is 9.69 Å². The molecule has 1 saturated heterocycles. The van der Waals surface area contributed by atoms with Crippen molar-refractivity contribution in [2.45, 2.75) is 33.4 Å². The zero-order chi connectivity index (χ0) is 18.5. The van der Waals surface area contributed by atoms with Gasteiger partial charge in [-0.05, 0) is 45.0 Å². The Hall–Kier alpha value is -1.96. The predicted molar refractivity (Wildman–Crippen MR) is 103 cm³/mol. The SMILES string of the molecule is Cc1nc(CN2CCOCC2)sc1C(=O)Nc1ccc(OC(C)C)cc1. The van der Waals surface area contributed by atoms with E-state index in [0.29, 0.717) is 4.88 Å². The van der Waals surface area contributed by atoms with Gasteiger partial charge in [-0.1, -0.05) is 0 Å². The summed E-state index contributed by atoms with van der Waals surface area (Å²) in [4.78, 5) is 20.1.